The van der Waals surface area contributed by atoms with Crippen molar-refractivity contribution in [2.24, 2.45) is 11.8 Å². The minimum absolute atomic E-state index is 0.0535. The Bertz CT molecular complexity index is 519. The lowest BCUT2D eigenvalue weighted by Gasteiger charge is -2.28. The molecule has 3 rings (SSSR count). The van der Waals surface area contributed by atoms with Gasteiger partial charge in [0.2, 0.25) is 0 Å². The second-order valence-corrected chi connectivity index (χ2v) is 6.81. The summed E-state index contributed by atoms with van der Waals surface area (Å²) in [6.07, 6.45) is 6.53. The number of nitrogens with one attached hydrogen (secondary N) is 1. The topological polar surface area (TPSA) is 47.6 Å². The third-order valence-corrected chi connectivity index (χ3v) is 4.99. The van der Waals surface area contributed by atoms with Gasteiger partial charge in [-0.3, -0.25) is 4.79 Å². The molecule has 23 heavy (non-hydrogen) atoms. The molecule has 0 bridgehead atoms. The van der Waals surface area contributed by atoms with E-state index in [1.54, 1.807) is 0 Å². The third kappa shape index (κ3) is 4.71. The lowest BCUT2D eigenvalue weighted by molar-refractivity contribution is -0.146. The number of esters is 1. The van der Waals surface area contributed by atoms with Gasteiger partial charge in [0, 0.05) is 18.2 Å². The highest BCUT2D eigenvalue weighted by Gasteiger charge is 2.26. The molecule has 2 aliphatic carbocycles. The van der Waals surface area contributed by atoms with E-state index in [0.717, 1.165) is 50.5 Å². The van der Waals surface area contributed by atoms with Gasteiger partial charge in [-0.1, -0.05) is 18.2 Å². The van der Waals surface area contributed by atoms with E-state index < -0.39 is 0 Å². The third-order valence-electron chi connectivity index (χ3n) is 4.99. The normalized spacial score (nSPS) is 24.2. The molecule has 0 spiro atoms. The van der Waals surface area contributed by atoms with E-state index in [0.29, 0.717) is 6.04 Å². The number of rotatable bonds is 7. The molecule has 0 radical (unpaired) electrons. The van der Waals surface area contributed by atoms with Crippen LogP contribution < -0.4 is 10.1 Å². The number of para-hydroxylation sites is 1. The molecule has 0 atom stereocenters. The molecule has 0 unspecified atom stereocenters. The van der Waals surface area contributed by atoms with Crippen LogP contribution in [0.5, 0.6) is 5.75 Å². The number of methoxy groups -OCH3 is 1. The SMILES string of the molecule is COC(=O)C1CCC(NCc2ccccc2OCC2CC2)CC1. The molecular formula is C19H27NO3. The van der Waals surface area contributed by atoms with Crippen molar-refractivity contribution in [2.75, 3.05) is 13.7 Å². The first kappa shape index (κ1) is 16.3. The number of hydrogen-bond acceptors (Lipinski definition) is 4. The van der Waals surface area contributed by atoms with E-state index >= 15 is 0 Å². The Morgan fingerprint density at radius 2 is 1.87 bits per heavy atom. The van der Waals surface area contributed by atoms with Crippen molar-refractivity contribution in [2.45, 2.75) is 51.1 Å². The van der Waals surface area contributed by atoms with Crippen LogP contribution in [0.4, 0.5) is 0 Å². The quantitative estimate of drug-likeness (QED) is 0.784. The predicted molar refractivity (Wildman–Crippen MR) is 89.3 cm³/mol. The van der Waals surface area contributed by atoms with Gasteiger partial charge in [0.25, 0.3) is 0 Å². The van der Waals surface area contributed by atoms with E-state index in [1.807, 2.05) is 6.07 Å². The van der Waals surface area contributed by atoms with Crippen molar-refractivity contribution in [3.63, 3.8) is 0 Å². The van der Waals surface area contributed by atoms with Crippen molar-refractivity contribution < 1.29 is 14.3 Å². The molecule has 0 aromatic heterocycles. The average molecular weight is 317 g/mol. The molecule has 1 aromatic rings. The molecule has 0 heterocycles. The Kier molecular flexibility index (Phi) is 5.55. The Labute approximate surface area is 138 Å². The van der Waals surface area contributed by atoms with Gasteiger partial charge in [-0.25, -0.2) is 0 Å². The first-order chi connectivity index (χ1) is 11.3. The first-order valence-corrected chi connectivity index (χ1v) is 8.78. The molecule has 2 aliphatic rings. The zero-order valence-electron chi connectivity index (χ0n) is 13.9. The fourth-order valence-electron chi connectivity index (χ4n) is 3.24. The van der Waals surface area contributed by atoms with Crippen LogP contribution in [0.1, 0.15) is 44.1 Å². The first-order valence-electron chi connectivity index (χ1n) is 8.78. The van der Waals surface area contributed by atoms with Gasteiger partial charge in [-0.05, 0) is 50.5 Å². The van der Waals surface area contributed by atoms with Crippen molar-refractivity contribution >= 4 is 5.97 Å². The van der Waals surface area contributed by atoms with Gasteiger partial charge in [0.05, 0.1) is 19.6 Å². The van der Waals surface area contributed by atoms with Gasteiger partial charge in [-0.2, -0.15) is 0 Å². The molecule has 1 N–H and O–H groups in total. The summed E-state index contributed by atoms with van der Waals surface area (Å²) in [7, 11) is 1.48. The highest BCUT2D eigenvalue weighted by molar-refractivity contribution is 5.72. The van der Waals surface area contributed by atoms with Gasteiger partial charge in [0.1, 0.15) is 5.75 Å². The average Bonchev–Trinajstić information content (AvgIpc) is 3.43. The second-order valence-electron chi connectivity index (χ2n) is 6.81. The van der Waals surface area contributed by atoms with Crippen LogP contribution in [0.3, 0.4) is 0 Å². The maximum absolute atomic E-state index is 11.6. The van der Waals surface area contributed by atoms with Gasteiger partial charge >= 0.3 is 5.97 Å². The lowest BCUT2D eigenvalue weighted by atomic mass is 9.86. The summed E-state index contributed by atoms with van der Waals surface area (Å²) < 4.78 is 10.8. The monoisotopic (exact) mass is 317 g/mol. The summed E-state index contributed by atoms with van der Waals surface area (Å²) in [6.45, 7) is 1.68. The highest BCUT2D eigenvalue weighted by Crippen LogP contribution is 2.30. The van der Waals surface area contributed by atoms with Crippen molar-refractivity contribution in [3.8, 4) is 5.75 Å². The number of ether oxygens (including phenoxy) is 2. The Hall–Kier alpha value is -1.55. The van der Waals surface area contributed by atoms with Crippen LogP contribution in [0, 0.1) is 11.8 Å². The van der Waals surface area contributed by atoms with E-state index in [9.17, 15) is 4.79 Å². The van der Waals surface area contributed by atoms with Gasteiger partial charge < -0.3 is 14.8 Å². The molecule has 0 amide bonds. The molecule has 0 saturated heterocycles. The van der Waals surface area contributed by atoms with E-state index in [-0.39, 0.29) is 11.9 Å². The summed E-state index contributed by atoms with van der Waals surface area (Å²) in [4.78, 5) is 11.6. The maximum atomic E-state index is 11.6. The molecule has 2 saturated carbocycles. The molecule has 4 nitrogen and oxygen atoms in total. The molecule has 0 aliphatic heterocycles. The van der Waals surface area contributed by atoms with Crippen LogP contribution in [0.25, 0.3) is 0 Å². The minimum atomic E-state index is -0.0535. The molecule has 126 valence electrons. The summed E-state index contributed by atoms with van der Waals surface area (Å²) in [5.74, 6) is 1.81. The summed E-state index contributed by atoms with van der Waals surface area (Å²) in [5, 5.41) is 3.63. The van der Waals surface area contributed by atoms with Crippen LogP contribution in [0.2, 0.25) is 0 Å². The van der Waals surface area contributed by atoms with E-state index in [4.69, 9.17) is 9.47 Å². The fraction of sp³-hybridized carbons (Fsp3) is 0.632. The zero-order chi connectivity index (χ0) is 16.1. The van der Waals surface area contributed by atoms with Crippen LogP contribution in [-0.2, 0) is 16.1 Å². The number of benzene rings is 1. The smallest absolute Gasteiger partial charge is 0.308 e. The number of hydrogen-bond donors (Lipinski definition) is 1. The van der Waals surface area contributed by atoms with Crippen molar-refractivity contribution in [1.82, 2.24) is 5.32 Å². The Morgan fingerprint density at radius 1 is 1.13 bits per heavy atom. The van der Waals surface area contributed by atoms with Crippen LogP contribution >= 0.6 is 0 Å². The van der Waals surface area contributed by atoms with Crippen molar-refractivity contribution in [3.05, 3.63) is 29.8 Å². The summed E-state index contributed by atoms with van der Waals surface area (Å²) in [6, 6.07) is 8.78. The Balaban J connectivity index is 1.46. The minimum Gasteiger partial charge on any atom is -0.493 e. The largest absolute Gasteiger partial charge is 0.493 e. The molecule has 2 fully saturated rings. The highest BCUT2D eigenvalue weighted by atomic mass is 16.5. The van der Waals surface area contributed by atoms with Gasteiger partial charge in [-0.15, -0.1) is 0 Å². The number of carbonyl (C=O) groups is 1. The maximum Gasteiger partial charge on any atom is 0.308 e. The van der Waals surface area contributed by atoms with Crippen LogP contribution in [-0.4, -0.2) is 25.7 Å². The standard InChI is InChI=1S/C19H27NO3/c1-22-19(21)15-8-10-17(11-9-15)20-12-16-4-2-3-5-18(16)23-13-14-6-7-14/h2-5,14-15,17,20H,6-13H2,1H3. The summed E-state index contributed by atoms with van der Waals surface area (Å²) in [5.41, 5.74) is 1.23. The lowest BCUT2D eigenvalue weighted by Crippen LogP contribution is -2.34. The van der Waals surface area contributed by atoms with E-state index in [1.165, 1.54) is 25.5 Å². The van der Waals surface area contributed by atoms with Crippen molar-refractivity contribution in [1.29, 1.82) is 0 Å². The van der Waals surface area contributed by atoms with Gasteiger partial charge in [0.15, 0.2) is 0 Å². The predicted octanol–water partition coefficient (Wildman–Crippen LogP) is 3.30. The summed E-state index contributed by atoms with van der Waals surface area (Å²) >= 11 is 0. The Morgan fingerprint density at radius 3 is 2.57 bits per heavy atom. The molecule has 1 aromatic carbocycles. The molecular weight excluding hydrogens is 290 g/mol. The van der Waals surface area contributed by atoms with Crippen LogP contribution in [0.15, 0.2) is 24.3 Å². The number of carbonyl (C=O) groups excluding carboxylic acids is 1. The fourth-order valence-corrected chi connectivity index (χ4v) is 3.24. The second kappa shape index (κ2) is 7.82. The molecule has 4 heteroatoms. The van der Waals surface area contributed by atoms with E-state index in [2.05, 4.69) is 23.5 Å². The zero-order valence-corrected chi connectivity index (χ0v) is 13.9.